The molecule has 1 aliphatic heterocycles. The van der Waals surface area contributed by atoms with Gasteiger partial charge in [-0.2, -0.15) is 0 Å². The van der Waals surface area contributed by atoms with E-state index in [2.05, 4.69) is 19.2 Å². The number of carbonyl (C=O) groups excluding carboxylic acids is 2. The van der Waals surface area contributed by atoms with Crippen molar-refractivity contribution in [2.24, 2.45) is 11.8 Å². The van der Waals surface area contributed by atoms with Crippen LogP contribution in [0.2, 0.25) is 0 Å². The Hall–Kier alpha value is -1.06. The molecule has 1 rings (SSSR count). The summed E-state index contributed by atoms with van der Waals surface area (Å²) in [4.78, 5) is 26.3. The van der Waals surface area contributed by atoms with Crippen LogP contribution in [0.5, 0.6) is 0 Å². The van der Waals surface area contributed by atoms with Gasteiger partial charge in [0, 0.05) is 6.54 Å². The van der Waals surface area contributed by atoms with Gasteiger partial charge in [0.2, 0.25) is 11.8 Å². The minimum absolute atomic E-state index is 0.0291. The van der Waals surface area contributed by atoms with Crippen molar-refractivity contribution in [2.75, 3.05) is 6.54 Å². The standard InChI is InChI=1S/C14H26N2O2/c1-9(2)7-8-16-11(10(3)4)12(17)15-14(5,6)13(16)18/h9-11H,7-8H2,1-6H3,(H,15,17). The van der Waals surface area contributed by atoms with Crippen molar-refractivity contribution >= 4 is 11.8 Å². The smallest absolute Gasteiger partial charge is 0.248 e. The van der Waals surface area contributed by atoms with Crippen LogP contribution >= 0.6 is 0 Å². The van der Waals surface area contributed by atoms with E-state index in [-0.39, 0.29) is 23.8 Å². The topological polar surface area (TPSA) is 49.4 Å². The van der Waals surface area contributed by atoms with Crippen LogP contribution in [0.15, 0.2) is 0 Å². The van der Waals surface area contributed by atoms with E-state index < -0.39 is 5.54 Å². The maximum Gasteiger partial charge on any atom is 0.248 e. The van der Waals surface area contributed by atoms with Gasteiger partial charge in [-0.25, -0.2) is 0 Å². The van der Waals surface area contributed by atoms with Gasteiger partial charge in [0.15, 0.2) is 0 Å². The van der Waals surface area contributed by atoms with E-state index in [1.807, 2.05) is 13.8 Å². The number of piperazine rings is 1. The van der Waals surface area contributed by atoms with Gasteiger partial charge >= 0.3 is 0 Å². The van der Waals surface area contributed by atoms with E-state index in [0.717, 1.165) is 6.42 Å². The summed E-state index contributed by atoms with van der Waals surface area (Å²) in [5, 5.41) is 2.82. The van der Waals surface area contributed by atoms with Crippen molar-refractivity contribution in [3.8, 4) is 0 Å². The first-order valence-electron chi connectivity index (χ1n) is 6.80. The molecule has 1 saturated heterocycles. The van der Waals surface area contributed by atoms with E-state index in [1.54, 1.807) is 18.7 Å². The highest BCUT2D eigenvalue weighted by Crippen LogP contribution is 2.23. The highest BCUT2D eigenvalue weighted by Gasteiger charge is 2.45. The van der Waals surface area contributed by atoms with E-state index in [4.69, 9.17) is 0 Å². The fraction of sp³-hybridized carbons (Fsp3) is 0.857. The van der Waals surface area contributed by atoms with Crippen molar-refractivity contribution in [1.82, 2.24) is 10.2 Å². The summed E-state index contributed by atoms with van der Waals surface area (Å²) in [5.41, 5.74) is -0.778. The Morgan fingerprint density at radius 1 is 1.22 bits per heavy atom. The molecule has 18 heavy (non-hydrogen) atoms. The van der Waals surface area contributed by atoms with Gasteiger partial charge in [0.1, 0.15) is 11.6 Å². The lowest BCUT2D eigenvalue weighted by atomic mass is 9.91. The third-order valence-corrected chi connectivity index (χ3v) is 3.41. The van der Waals surface area contributed by atoms with E-state index in [0.29, 0.717) is 12.5 Å². The Labute approximate surface area is 110 Å². The second kappa shape index (κ2) is 5.29. The van der Waals surface area contributed by atoms with Crippen molar-refractivity contribution in [3.63, 3.8) is 0 Å². The normalized spacial score (nSPS) is 23.8. The van der Waals surface area contributed by atoms with Gasteiger partial charge in [0.05, 0.1) is 0 Å². The van der Waals surface area contributed by atoms with Gasteiger partial charge in [-0.15, -0.1) is 0 Å². The van der Waals surface area contributed by atoms with E-state index in [9.17, 15) is 9.59 Å². The van der Waals surface area contributed by atoms with Crippen LogP contribution in [0.25, 0.3) is 0 Å². The minimum Gasteiger partial charge on any atom is -0.340 e. The van der Waals surface area contributed by atoms with Gasteiger partial charge in [-0.1, -0.05) is 27.7 Å². The average Bonchev–Trinajstić information content (AvgIpc) is 2.19. The zero-order valence-corrected chi connectivity index (χ0v) is 12.4. The summed E-state index contributed by atoms with van der Waals surface area (Å²) in [7, 11) is 0. The number of amides is 2. The molecule has 0 saturated carbocycles. The molecule has 0 aromatic rings. The fourth-order valence-corrected chi connectivity index (χ4v) is 2.36. The number of rotatable bonds is 4. The van der Waals surface area contributed by atoms with Gasteiger partial charge in [-0.3, -0.25) is 9.59 Å². The number of nitrogens with zero attached hydrogens (tertiary/aromatic N) is 1. The largest absolute Gasteiger partial charge is 0.340 e. The average molecular weight is 254 g/mol. The molecule has 4 nitrogen and oxygen atoms in total. The Morgan fingerprint density at radius 2 is 1.78 bits per heavy atom. The lowest BCUT2D eigenvalue weighted by Crippen LogP contribution is -2.69. The maximum atomic E-state index is 12.4. The van der Waals surface area contributed by atoms with Crippen LogP contribution in [0.3, 0.4) is 0 Å². The highest BCUT2D eigenvalue weighted by atomic mass is 16.2. The molecule has 0 aromatic heterocycles. The Bertz CT molecular complexity index is 335. The first-order valence-corrected chi connectivity index (χ1v) is 6.80. The van der Waals surface area contributed by atoms with Gasteiger partial charge in [-0.05, 0) is 32.1 Å². The summed E-state index contributed by atoms with van der Waals surface area (Å²) in [6.07, 6.45) is 0.929. The summed E-state index contributed by atoms with van der Waals surface area (Å²) in [6.45, 7) is 12.4. The molecule has 0 bridgehead atoms. The molecule has 104 valence electrons. The molecule has 4 heteroatoms. The molecule has 1 atom stereocenters. The summed E-state index contributed by atoms with van der Waals surface area (Å²) in [5.74, 6) is 0.663. The lowest BCUT2D eigenvalue weighted by molar-refractivity contribution is -0.155. The van der Waals surface area contributed by atoms with Crippen LogP contribution in [0.4, 0.5) is 0 Å². The summed E-state index contributed by atoms with van der Waals surface area (Å²) >= 11 is 0. The molecule has 1 heterocycles. The lowest BCUT2D eigenvalue weighted by Gasteiger charge is -2.44. The van der Waals surface area contributed by atoms with Crippen LogP contribution in [0, 0.1) is 11.8 Å². The van der Waals surface area contributed by atoms with Crippen LogP contribution < -0.4 is 5.32 Å². The SMILES string of the molecule is CC(C)CCN1C(=O)C(C)(C)NC(=O)C1C(C)C. The van der Waals surface area contributed by atoms with E-state index in [1.165, 1.54) is 0 Å². The molecule has 1 unspecified atom stereocenters. The summed E-state index contributed by atoms with van der Waals surface area (Å²) in [6, 6.07) is -0.329. The number of carbonyl (C=O) groups is 2. The molecular weight excluding hydrogens is 228 g/mol. The second-order valence-electron chi connectivity index (χ2n) is 6.48. The monoisotopic (exact) mass is 254 g/mol. The van der Waals surface area contributed by atoms with Crippen molar-refractivity contribution in [2.45, 2.75) is 59.5 Å². The second-order valence-corrected chi connectivity index (χ2v) is 6.48. The Kier molecular flexibility index (Phi) is 4.41. The maximum absolute atomic E-state index is 12.4. The number of hydrogen-bond donors (Lipinski definition) is 1. The van der Waals surface area contributed by atoms with Gasteiger partial charge < -0.3 is 10.2 Å². The zero-order valence-electron chi connectivity index (χ0n) is 12.4. The molecular formula is C14H26N2O2. The molecule has 0 aromatic carbocycles. The highest BCUT2D eigenvalue weighted by molar-refractivity contribution is 5.99. The molecule has 0 spiro atoms. The van der Waals surface area contributed by atoms with Crippen LogP contribution in [0.1, 0.15) is 48.0 Å². The molecule has 1 fully saturated rings. The molecule has 1 N–H and O–H groups in total. The van der Waals surface area contributed by atoms with Crippen LogP contribution in [-0.2, 0) is 9.59 Å². The molecule has 1 aliphatic rings. The minimum atomic E-state index is -0.778. The first-order chi connectivity index (χ1) is 8.16. The predicted octanol–water partition coefficient (Wildman–Crippen LogP) is 1.79. The number of nitrogens with one attached hydrogen (secondary N) is 1. The molecule has 2 amide bonds. The van der Waals surface area contributed by atoms with Gasteiger partial charge in [0.25, 0.3) is 0 Å². The van der Waals surface area contributed by atoms with Crippen molar-refractivity contribution < 1.29 is 9.59 Å². The zero-order chi connectivity index (χ0) is 14.1. The van der Waals surface area contributed by atoms with E-state index >= 15 is 0 Å². The van der Waals surface area contributed by atoms with Crippen molar-refractivity contribution in [1.29, 1.82) is 0 Å². The third kappa shape index (κ3) is 3.03. The Balaban J connectivity index is 2.95. The fourth-order valence-electron chi connectivity index (χ4n) is 2.36. The summed E-state index contributed by atoms with van der Waals surface area (Å²) < 4.78 is 0. The molecule has 0 aliphatic carbocycles. The predicted molar refractivity (Wildman–Crippen MR) is 72.0 cm³/mol. The third-order valence-electron chi connectivity index (χ3n) is 3.41. The van der Waals surface area contributed by atoms with Crippen molar-refractivity contribution in [3.05, 3.63) is 0 Å². The Morgan fingerprint density at radius 3 is 2.22 bits per heavy atom. The number of hydrogen-bond acceptors (Lipinski definition) is 2. The quantitative estimate of drug-likeness (QED) is 0.831. The van der Waals surface area contributed by atoms with Crippen LogP contribution in [-0.4, -0.2) is 34.8 Å². The first kappa shape index (κ1) is 15.0. The molecule has 0 radical (unpaired) electrons.